The van der Waals surface area contributed by atoms with Gasteiger partial charge in [0.15, 0.2) is 6.20 Å². The Labute approximate surface area is 166 Å². The van der Waals surface area contributed by atoms with E-state index in [0.717, 1.165) is 27.8 Å². The Kier molecular flexibility index (Phi) is 3.50. The highest BCUT2D eigenvalue weighted by molar-refractivity contribution is 5.96. The molecule has 4 aromatic rings. The second-order valence-corrected chi connectivity index (χ2v) is 7.43. The topological polar surface area (TPSA) is 3.88 Å². The first kappa shape index (κ1) is 14.2. The van der Waals surface area contributed by atoms with Crippen LogP contribution in [0.15, 0.2) is 66.9 Å². The standard InChI is InChI=1S/C26H26N/c1-17-9-11-21(12-10-17)23-8-6-7-22-15-26(27(5)16-25(22)23)24-14-18(2)13-19(3)20(24)4/h6-16H,1-5H3/q+1/i3D3. The molecule has 3 aromatic carbocycles. The second kappa shape index (κ2) is 6.66. The SMILES string of the molecule is [2H]C([2H])([2H])c1cc(C)cc(-c2cc3cccc(-c4ccc(C)cc4)c3c[n+]2C)c1C. The monoisotopic (exact) mass is 355 g/mol. The highest BCUT2D eigenvalue weighted by Crippen LogP contribution is 2.31. The Hall–Kier alpha value is -2.93. The Morgan fingerprint density at radius 1 is 0.815 bits per heavy atom. The molecule has 0 amide bonds. The lowest BCUT2D eigenvalue weighted by Gasteiger charge is -2.11. The van der Waals surface area contributed by atoms with Gasteiger partial charge in [-0.3, -0.25) is 0 Å². The van der Waals surface area contributed by atoms with Crippen LogP contribution in [0.25, 0.3) is 33.2 Å². The molecule has 0 N–H and O–H groups in total. The van der Waals surface area contributed by atoms with Gasteiger partial charge in [0.25, 0.3) is 0 Å². The van der Waals surface area contributed by atoms with Gasteiger partial charge >= 0.3 is 0 Å². The van der Waals surface area contributed by atoms with Crippen LogP contribution in [0.2, 0.25) is 0 Å². The van der Waals surface area contributed by atoms with Crippen LogP contribution in [0, 0.1) is 27.6 Å². The third-order valence-electron chi connectivity index (χ3n) is 5.33. The smallest absolute Gasteiger partial charge is 0.200 e. The van der Waals surface area contributed by atoms with Gasteiger partial charge in [0.05, 0.1) is 5.39 Å². The van der Waals surface area contributed by atoms with Crippen molar-refractivity contribution < 1.29 is 8.68 Å². The van der Waals surface area contributed by atoms with Crippen molar-refractivity contribution >= 4 is 10.8 Å². The van der Waals surface area contributed by atoms with Crippen LogP contribution in [0.3, 0.4) is 0 Å². The molecular weight excluding hydrogens is 326 g/mol. The van der Waals surface area contributed by atoms with Gasteiger partial charge in [-0.1, -0.05) is 59.7 Å². The molecule has 0 aliphatic heterocycles. The van der Waals surface area contributed by atoms with Gasteiger partial charge in [-0.25, -0.2) is 4.57 Å². The summed E-state index contributed by atoms with van der Waals surface area (Å²) < 4.78 is 25.9. The molecule has 1 aromatic heterocycles. The first-order valence-corrected chi connectivity index (χ1v) is 9.27. The van der Waals surface area contributed by atoms with Gasteiger partial charge in [-0.2, -0.15) is 0 Å². The van der Waals surface area contributed by atoms with E-state index in [1.807, 2.05) is 20.9 Å². The summed E-state index contributed by atoms with van der Waals surface area (Å²) in [5.74, 6) is 0. The molecule has 0 radical (unpaired) electrons. The highest BCUT2D eigenvalue weighted by Gasteiger charge is 2.17. The van der Waals surface area contributed by atoms with Crippen LogP contribution in [0.1, 0.15) is 26.4 Å². The lowest BCUT2D eigenvalue weighted by atomic mass is 9.94. The van der Waals surface area contributed by atoms with E-state index in [1.165, 1.54) is 22.1 Å². The molecule has 0 unspecified atom stereocenters. The summed E-state index contributed by atoms with van der Waals surface area (Å²) in [7, 11) is 2.03. The number of benzene rings is 3. The molecule has 27 heavy (non-hydrogen) atoms. The summed E-state index contributed by atoms with van der Waals surface area (Å²) in [6.07, 6.45) is 2.15. The number of nitrogens with zero attached hydrogens (tertiary/aromatic N) is 1. The maximum Gasteiger partial charge on any atom is 0.213 e. The van der Waals surface area contributed by atoms with Crippen LogP contribution in [-0.4, -0.2) is 0 Å². The predicted molar refractivity (Wildman–Crippen MR) is 115 cm³/mol. The molecule has 0 saturated carbocycles. The van der Waals surface area contributed by atoms with Gasteiger partial charge in [0, 0.05) is 15.7 Å². The molecule has 1 nitrogen and oxygen atoms in total. The van der Waals surface area contributed by atoms with Crippen molar-refractivity contribution in [3.63, 3.8) is 0 Å². The number of rotatable bonds is 2. The summed E-state index contributed by atoms with van der Waals surface area (Å²) in [5.41, 5.74) is 7.79. The minimum absolute atomic E-state index is 0.422. The van der Waals surface area contributed by atoms with Crippen molar-refractivity contribution in [2.45, 2.75) is 27.6 Å². The zero-order valence-electron chi connectivity index (χ0n) is 19.3. The lowest BCUT2D eigenvalue weighted by Crippen LogP contribution is -2.30. The summed E-state index contributed by atoms with van der Waals surface area (Å²) in [6.45, 7) is 3.83. The fourth-order valence-corrected chi connectivity index (χ4v) is 3.74. The zero-order chi connectivity index (χ0) is 21.6. The van der Waals surface area contributed by atoms with E-state index in [9.17, 15) is 0 Å². The minimum atomic E-state index is -2.13. The number of pyridine rings is 1. The fraction of sp³-hybridized carbons (Fsp3) is 0.192. The highest BCUT2D eigenvalue weighted by atomic mass is 14.9. The first-order chi connectivity index (χ1) is 14.1. The van der Waals surface area contributed by atoms with Crippen molar-refractivity contribution in [3.8, 4) is 22.4 Å². The van der Waals surface area contributed by atoms with Crippen LogP contribution >= 0.6 is 0 Å². The molecule has 0 aliphatic carbocycles. The molecule has 1 heterocycles. The zero-order valence-corrected chi connectivity index (χ0v) is 16.3. The molecule has 4 rings (SSSR count). The van der Waals surface area contributed by atoms with Crippen molar-refractivity contribution in [1.29, 1.82) is 0 Å². The van der Waals surface area contributed by atoms with E-state index in [2.05, 4.69) is 72.3 Å². The van der Waals surface area contributed by atoms with Gasteiger partial charge in [-0.15, -0.1) is 0 Å². The quantitative estimate of drug-likeness (QED) is 0.375. The number of hydrogen-bond donors (Lipinski definition) is 0. The van der Waals surface area contributed by atoms with E-state index in [4.69, 9.17) is 4.11 Å². The van der Waals surface area contributed by atoms with Crippen LogP contribution in [0.5, 0.6) is 0 Å². The number of aromatic nitrogens is 1. The minimum Gasteiger partial charge on any atom is -0.200 e. The molecule has 134 valence electrons. The Bertz CT molecular complexity index is 1250. The third-order valence-corrected chi connectivity index (χ3v) is 5.33. The van der Waals surface area contributed by atoms with Crippen LogP contribution in [-0.2, 0) is 7.05 Å². The molecule has 0 spiro atoms. The van der Waals surface area contributed by atoms with E-state index in [1.54, 1.807) is 6.07 Å². The number of fused-ring (bicyclic) bond motifs is 1. The Morgan fingerprint density at radius 3 is 2.33 bits per heavy atom. The van der Waals surface area contributed by atoms with Gasteiger partial charge in [0.1, 0.15) is 7.05 Å². The maximum absolute atomic E-state index is 7.92. The molecule has 0 aliphatic rings. The summed E-state index contributed by atoms with van der Waals surface area (Å²) in [4.78, 5) is 0. The first-order valence-electron chi connectivity index (χ1n) is 10.8. The van der Waals surface area contributed by atoms with Gasteiger partial charge in [0.2, 0.25) is 5.69 Å². The average Bonchev–Trinajstić information content (AvgIpc) is 2.68. The van der Waals surface area contributed by atoms with Gasteiger partial charge in [-0.05, 0) is 61.3 Å². The second-order valence-electron chi connectivity index (χ2n) is 7.43. The molecule has 0 atom stereocenters. The van der Waals surface area contributed by atoms with E-state index < -0.39 is 6.85 Å². The molecule has 1 heteroatoms. The van der Waals surface area contributed by atoms with Crippen molar-refractivity contribution in [3.05, 3.63) is 89.1 Å². The maximum atomic E-state index is 7.92. The largest absolute Gasteiger partial charge is 0.213 e. The normalized spacial score (nSPS) is 13.3. The summed E-state index contributed by atoms with van der Waals surface area (Å²) in [5, 5.41) is 2.31. The summed E-state index contributed by atoms with van der Waals surface area (Å²) >= 11 is 0. The van der Waals surface area contributed by atoms with E-state index in [-0.39, 0.29) is 0 Å². The average molecular weight is 356 g/mol. The van der Waals surface area contributed by atoms with Gasteiger partial charge < -0.3 is 0 Å². The van der Waals surface area contributed by atoms with E-state index in [0.29, 0.717) is 5.56 Å². The Morgan fingerprint density at radius 2 is 1.59 bits per heavy atom. The predicted octanol–water partition coefficient (Wildman–Crippen LogP) is 6.23. The summed E-state index contributed by atoms with van der Waals surface area (Å²) in [6, 6.07) is 21.0. The molecular formula is C26H26N+. The molecule has 0 bridgehead atoms. The van der Waals surface area contributed by atoms with E-state index >= 15 is 0 Å². The van der Waals surface area contributed by atoms with Crippen LogP contribution < -0.4 is 4.57 Å². The lowest BCUT2D eigenvalue weighted by molar-refractivity contribution is -0.659. The number of hydrogen-bond acceptors (Lipinski definition) is 0. The fourth-order valence-electron chi connectivity index (χ4n) is 3.74. The molecule has 0 saturated heterocycles. The third kappa shape index (κ3) is 3.14. The van der Waals surface area contributed by atoms with Crippen molar-refractivity contribution in [1.82, 2.24) is 0 Å². The van der Waals surface area contributed by atoms with Crippen molar-refractivity contribution in [2.75, 3.05) is 0 Å². The Balaban J connectivity index is 1.94. The van der Waals surface area contributed by atoms with Crippen molar-refractivity contribution in [2.24, 2.45) is 7.05 Å². The number of aryl methyl sites for hydroxylation is 4. The van der Waals surface area contributed by atoms with Crippen LogP contribution in [0.4, 0.5) is 0 Å². The molecule has 0 fully saturated rings.